The second-order valence-corrected chi connectivity index (χ2v) is 3.14. The first kappa shape index (κ1) is 11.8. The molecule has 0 spiro atoms. The Bertz CT molecular complexity index is 507. The molecule has 16 heavy (non-hydrogen) atoms. The van der Waals surface area contributed by atoms with Crippen LogP contribution in [0.15, 0.2) is 36.0 Å². The van der Waals surface area contributed by atoms with Gasteiger partial charge >= 0.3 is 0 Å². The molecule has 0 unspecified atom stereocenters. The largest absolute Gasteiger partial charge is 0.326 e. The summed E-state index contributed by atoms with van der Waals surface area (Å²) in [5, 5.41) is 19.5. The average Bonchev–Trinajstić information content (AvgIpc) is 2.30. The molecule has 5 heteroatoms. The number of nitriles is 2. The second kappa shape index (κ2) is 5.55. The number of rotatable bonds is 2. The van der Waals surface area contributed by atoms with Crippen molar-refractivity contribution in [3.8, 4) is 12.1 Å². The van der Waals surface area contributed by atoms with Crippen molar-refractivity contribution >= 4 is 17.5 Å². The van der Waals surface area contributed by atoms with E-state index in [1.54, 1.807) is 36.4 Å². The van der Waals surface area contributed by atoms with Crippen molar-refractivity contribution in [1.29, 1.82) is 10.5 Å². The lowest BCUT2D eigenvalue weighted by Crippen LogP contribution is -2.18. The molecule has 0 saturated carbocycles. The molecule has 0 saturated heterocycles. The summed E-state index contributed by atoms with van der Waals surface area (Å²) in [6.45, 7) is 0. The Hall–Kier alpha value is -2.30. The van der Waals surface area contributed by atoms with Crippen LogP contribution in [0, 0.1) is 22.7 Å². The van der Waals surface area contributed by atoms with Gasteiger partial charge in [0, 0.05) is 6.20 Å². The fourth-order valence-electron chi connectivity index (χ4n) is 0.950. The molecule has 0 fully saturated rings. The van der Waals surface area contributed by atoms with Crippen LogP contribution < -0.4 is 5.32 Å². The first-order chi connectivity index (χ1) is 7.69. The fourth-order valence-corrected chi connectivity index (χ4v) is 1.17. The normalized spacial score (nSPS) is 8.44. The highest BCUT2D eigenvalue weighted by Crippen LogP contribution is 2.14. The van der Waals surface area contributed by atoms with Crippen LogP contribution in [-0.4, -0.2) is 5.91 Å². The topological polar surface area (TPSA) is 76.7 Å². The van der Waals surface area contributed by atoms with E-state index in [1.165, 1.54) is 0 Å². The van der Waals surface area contributed by atoms with Gasteiger partial charge in [0.1, 0.15) is 17.7 Å². The molecule has 0 aliphatic rings. The van der Waals surface area contributed by atoms with Gasteiger partial charge in [0.25, 0.3) is 5.91 Å². The second-order valence-electron chi connectivity index (χ2n) is 2.73. The Morgan fingerprint density at radius 2 is 1.94 bits per heavy atom. The minimum absolute atomic E-state index is 0.180. The molecule has 0 aromatic heterocycles. The summed E-state index contributed by atoms with van der Waals surface area (Å²) >= 11 is 5.79. The van der Waals surface area contributed by atoms with Crippen LogP contribution in [0.25, 0.3) is 0 Å². The van der Waals surface area contributed by atoms with Crippen molar-refractivity contribution in [3.63, 3.8) is 0 Å². The Labute approximate surface area is 97.4 Å². The van der Waals surface area contributed by atoms with E-state index in [9.17, 15) is 4.79 Å². The van der Waals surface area contributed by atoms with Crippen molar-refractivity contribution in [2.45, 2.75) is 0 Å². The highest BCUT2D eigenvalue weighted by Gasteiger charge is 2.07. The minimum atomic E-state index is -0.464. The third kappa shape index (κ3) is 2.84. The molecule has 1 rings (SSSR count). The van der Waals surface area contributed by atoms with Crippen LogP contribution in [0.5, 0.6) is 0 Å². The fraction of sp³-hybridized carbons (Fsp3) is 0. The van der Waals surface area contributed by atoms with E-state index in [1.807, 2.05) is 0 Å². The molecule has 1 N–H and O–H groups in total. The Morgan fingerprint density at radius 1 is 1.31 bits per heavy atom. The third-order valence-corrected chi connectivity index (χ3v) is 2.04. The van der Waals surface area contributed by atoms with E-state index >= 15 is 0 Å². The molecule has 1 aromatic rings. The van der Waals surface area contributed by atoms with Gasteiger partial charge in [-0.1, -0.05) is 23.7 Å². The number of carbonyl (C=O) groups is 1. The van der Waals surface area contributed by atoms with Crippen LogP contribution in [0.3, 0.4) is 0 Å². The molecule has 0 aliphatic carbocycles. The lowest BCUT2D eigenvalue weighted by molar-refractivity contribution is 0.0970. The van der Waals surface area contributed by atoms with Gasteiger partial charge in [-0.15, -0.1) is 0 Å². The van der Waals surface area contributed by atoms with Crippen LogP contribution >= 0.6 is 11.6 Å². The molecule has 1 aromatic carbocycles. The monoisotopic (exact) mass is 231 g/mol. The van der Waals surface area contributed by atoms with E-state index in [0.717, 1.165) is 6.20 Å². The van der Waals surface area contributed by atoms with Crippen LogP contribution in [0.4, 0.5) is 0 Å². The molecular formula is C11H6ClN3O. The third-order valence-electron chi connectivity index (χ3n) is 1.71. The number of benzene rings is 1. The molecule has 0 atom stereocenters. The van der Waals surface area contributed by atoms with Crippen molar-refractivity contribution in [2.24, 2.45) is 0 Å². The van der Waals surface area contributed by atoms with E-state index in [4.69, 9.17) is 22.1 Å². The van der Waals surface area contributed by atoms with Gasteiger partial charge in [0.15, 0.2) is 0 Å². The van der Waals surface area contributed by atoms with E-state index in [-0.39, 0.29) is 11.1 Å². The van der Waals surface area contributed by atoms with Gasteiger partial charge in [-0.3, -0.25) is 4.79 Å². The standard InChI is InChI=1S/C11H6ClN3O/c12-10-4-2-1-3-9(10)11(16)15-7-8(5-13)6-14/h1-4,7H,(H,15,16). The summed E-state index contributed by atoms with van der Waals surface area (Å²) in [5.41, 5.74) is 0.107. The number of hydrogen-bond acceptors (Lipinski definition) is 3. The molecule has 1 amide bonds. The summed E-state index contributed by atoms with van der Waals surface area (Å²) in [6.07, 6.45) is 1.05. The summed E-state index contributed by atoms with van der Waals surface area (Å²) in [4.78, 5) is 11.5. The summed E-state index contributed by atoms with van der Waals surface area (Å²) in [7, 11) is 0. The van der Waals surface area contributed by atoms with Crippen molar-refractivity contribution < 1.29 is 4.79 Å². The highest BCUT2D eigenvalue weighted by molar-refractivity contribution is 6.33. The molecule has 4 nitrogen and oxygen atoms in total. The lowest BCUT2D eigenvalue weighted by Gasteiger charge is -2.01. The molecule has 0 heterocycles. The Balaban J connectivity index is 2.84. The zero-order chi connectivity index (χ0) is 12.0. The van der Waals surface area contributed by atoms with Crippen molar-refractivity contribution in [3.05, 3.63) is 46.6 Å². The maximum absolute atomic E-state index is 11.5. The number of amides is 1. The summed E-state index contributed by atoms with van der Waals surface area (Å²) < 4.78 is 0. The van der Waals surface area contributed by atoms with Crippen LogP contribution in [0.2, 0.25) is 5.02 Å². The van der Waals surface area contributed by atoms with Crippen LogP contribution in [-0.2, 0) is 0 Å². The van der Waals surface area contributed by atoms with Gasteiger partial charge in [0.2, 0.25) is 0 Å². The average molecular weight is 232 g/mol. The number of allylic oxidation sites excluding steroid dienone is 1. The first-order valence-corrected chi connectivity index (χ1v) is 4.62. The number of halogens is 1. The summed E-state index contributed by atoms with van der Waals surface area (Å²) in [6, 6.07) is 9.74. The molecule has 78 valence electrons. The quantitative estimate of drug-likeness (QED) is 0.791. The highest BCUT2D eigenvalue weighted by atomic mass is 35.5. The number of nitrogens with zero attached hydrogens (tertiary/aromatic N) is 2. The maximum atomic E-state index is 11.5. The predicted octanol–water partition coefficient (Wildman–Crippen LogP) is 2.00. The van der Waals surface area contributed by atoms with Crippen LogP contribution in [0.1, 0.15) is 10.4 Å². The van der Waals surface area contributed by atoms with Gasteiger partial charge in [-0.2, -0.15) is 10.5 Å². The van der Waals surface area contributed by atoms with Gasteiger partial charge < -0.3 is 5.32 Å². The van der Waals surface area contributed by atoms with E-state index in [0.29, 0.717) is 5.02 Å². The maximum Gasteiger partial charge on any atom is 0.256 e. The van der Waals surface area contributed by atoms with Gasteiger partial charge in [-0.25, -0.2) is 0 Å². The van der Waals surface area contributed by atoms with Crippen molar-refractivity contribution in [1.82, 2.24) is 5.32 Å². The number of nitrogens with one attached hydrogen (secondary N) is 1. The first-order valence-electron chi connectivity index (χ1n) is 4.25. The molecular weight excluding hydrogens is 226 g/mol. The lowest BCUT2D eigenvalue weighted by atomic mass is 10.2. The number of carbonyl (C=O) groups excluding carboxylic acids is 1. The van der Waals surface area contributed by atoms with Crippen molar-refractivity contribution in [2.75, 3.05) is 0 Å². The smallest absolute Gasteiger partial charge is 0.256 e. The number of hydrogen-bond donors (Lipinski definition) is 1. The summed E-state index contributed by atoms with van der Waals surface area (Å²) in [5.74, 6) is -0.464. The SMILES string of the molecule is N#CC(C#N)=CNC(=O)c1ccccc1Cl. The van der Waals surface area contributed by atoms with Gasteiger partial charge in [-0.05, 0) is 12.1 Å². The molecule has 0 aliphatic heterocycles. The molecule has 0 bridgehead atoms. The van der Waals surface area contributed by atoms with Gasteiger partial charge in [0.05, 0.1) is 10.6 Å². The predicted molar refractivity (Wildman–Crippen MR) is 58.2 cm³/mol. The van der Waals surface area contributed by atoms with E-state index in [2.05, 4.69) is 5.32 Å². The Kier molecular flexibility index (Phi) is 4.08. The zero-order valence-corrected chi connectivity index (χ0v) is 8.82. The minimum Gasteiger partial charge on any atom is -0.326 e. The Morgan fingerprint density at radius 3 is 2.50 bits per heavy atom. The van der Waals surface area contributed by atoms with E-state index < -0.39 is 5.91 Å². The molecule has 0 radical (unpaired) electrons. The zero-order valence-electron chi connectivity index (χ0n) is 8.07.